The van der Waals surface area contributed by atoms with Crippen LogP contribution in [0.5, 0.6) is 11.5 Å². The number of nitrogens with one attached hydrogen (secondary N) is 1. The summed E-state index contributed by atoms with van der Waals surface area (Å²) in [6.45, 7) is 5.32. The third-order valence-corrected chi connectivity index (χ3v) is 9.96. The SMILES string of the molecule is CC(C)N1C(=O)c2ccccc2NS1(=O)=O.CCOC(=O)COC(=O)c1cc(Oc2ccc(C(F)(F)F)cc2Cl)ccc1[N+](=O)[O-].CP(=O)(O)CCC(N)C(=O)O. The summed E-state index contributed by atoms with van der Waals surface area (Å²) in [5, 5.41) is 19.1. The van der Waals surface area contributed by atoms with Gasteiger partial charge in [0.15, 0.2) is 14.0 Å². The zero-order valence-electron chi connectivity index (χ0n) is 30.4. The highest BCUT2D eigenvalue weighted by molar-refractivity contribution is 7.91. The van der Waals surface area contributed by atoms with Gasteiger partial charge >= 0.3 is 34.3 Å². The quantitative estimate of drug-likeness (QED) is 0.0738. The number of ether oxygens (including phenoxy) is 3. The molecule has 4 rings (SSSR count). The van der Waals surface area contributed by atoms with Gasteiger partial charge in [0.25, 0.3) is 11.6 Å². The van der Waals surface area contributed by atoms with Crippen LogP contribution in [0.2, 0.25) is 5.02 Å². The van der Waals surface area contributed by atoms with Crippen molar-refractivity contribution in [2.24, 2.45) is 5.73 Å². The molecule has 57 heavy (non-hydrogen) atoms. The van der Waals surface area contributed by atoms with E-state index in [-0.39, 0.29) is 35.7 Å². The number of nitrogens with zero attached hydrogens (tertiary/aromatic N) is 2. The summed E-state index contributed by atoms with van der Waals surface area (Å²) in [7, 11) is -6.85. The van der Waals surface area contributed by atoms with E-state index in [0.717, 1.165) is 34.6 Å². The molecule has 0 aliphatic carbocycles. The number of nitro benzene ring substituents is 1. The minimum absolute atomic E-state index is 0.0412. The Kier molecular flexibility index (Phi) is 17.0. The second-order valence-electron chi connectivity index (χ2n) is 11.9. The van der Waals surface area contributed by atoms with Gasteiger partial charge in [-0.2, -0.15) is 21.6 Å². The van der Waals surface area contributed by atoms with Crippen molar-refractivity contribution in [3.8, 4) is 11.5 Å². The molecule has 0 saturated carbocycles. The highest BCUT2D eigenvalue weighted by atomic mass is 35.5. The first-order chi connectivity index (χ1) is 26.3. The second kappa shape index (κ2) is 20.2. The van der Waals surface area contributed by atoms with Crippen molar-refractivity contribution in [3.63, 3.8) is 0 Å². The van der Waals surface area contributed by atoms with Crippen LogP contribution >= 0.6 is 19.0 Å². The molecular weight excluding hydrogens is 832 g/mol. The minimum atomic E-state index is -4.61. The number of para-hydroxylation sites is 1. The van der Waals surface area contributed by atoms with Crippen LogP contribution < -0.4 is 15.2 Å². The molecule has 2 unspecified atom stereocenters. The Hall–Kier alpha value is -5.28. The number of esters is 2. The van der Waals surface area contributed by atoms with Crippen molar-refractivity contribution in [1.29, 1.82) is 0 Å². The number of nitro groups is 1. The van der Waals surface area contributed by atoms with Crippen molar-refractivity contribution >= 4 is 64.4 Å². The van der Waals surface area contributed by atoms with Gasteiger partial charge in [-0.15, -0.1) is 0 Å². The van der Waals surface area contributed by atoms with Gasteiger partial charge in [0, 0.05) is 31.0 Å². The Labute approximate surface area is 328 Å². The van der Waals surface area contributed by atoms with Gasteiger partial charge in [-0.1, -0.05) is 23.7 Å². The maximum absolute atomic E-state index is 12.7. The van der Waals surface area contributed by atoms with Crippen molar-refractivity contribution in [3.05, 3.63) is 92.5 Å². The maximum Gasteiger partial charge on any atom is 0.416 e. The normalized spacial score (nSPS) is 14.5. The molecule has 0 aromatic heterocycles. The summed E-state index contributed by atoms with van der Waals surface area (Å²) in [6, 6.07) is 10.5. The van der Waals surface area contributed by atoms with Crippen molar-refractivity contribution in [1.82, 2.24) is 4.31 Å². The summed E-state index contributed by atoms with van der Waals surface area (Å²) >= 11 is 5.81. The number of carbonyl (C=O) groups is 4. The number of carboxylic acid groups (broad SMARTS) is 1. The summed E-state index contributed by atoms with van der Waals surface area (Å²) < 4.78 is 90.2. The summed E-state index contributed by atoms with van der Waals surface area (Å²) in [5.41, 5.74) is 3.65. The number of alkyl halides is 3. The van der Waals surface area contributed by atoms with Gasteiger partial charge in [-0.25, -0.2) is 13.9 Å². The molecule has 1 heterocycles. The number of carboxylic acids is 1. The van der Waals surface area contributed by atoms with E-state index < -0.39 is 88.0 Å². The van der Waals surface area contributed by atoms with E-state index in [1.54, 1.807) is 38.1 Å². The van der Waals surface area contributed by atoms with E-state index >= 15 is 0 Å². The third kappa shape index (κ3) is 14.6. The monoisotopic (exact) mass is 868 g/mol. The highest BCUT2D eigenvalue weighted by Crippen LogP contribution is 2.38. The van der Waals surface area contributed by atoms with E-state index in [4.69, 9.17) is 36.8 Å². The van der Waals surface area contributed by atoms with E-state index in [2.05, 4.69) is 9.46 Å². The number of nitrogens with two attached hydrogens (primary N) is 1. The molecule has 0 saturated heterocycles. The lowest BCUT2D eigenvalue weighted by molar-refractivity contribution is -0.385. The molecule has 3 aromatic carbocycles. The maximum atomic E-state index is 12.7. The lowest BCUT2D eigenvalue weighted by atomic mass is 10.1. The molecule has 5 N–H and O–H groups in total. The summed E-state index contributed by atoms with van der Waals surface area (Å²) in [4.78, 5) is 64.6. The van der Waals surface area contributed by atoms with Gasteiger partial charge in [-0.05, 0) is 63.6 Å². The van der Waals surface area contributed by atoms with Gasteiger partial charge < -0.3 is 29.9 Å². The standard InChI is InChI=1S/C18H13ClF3NO7.C10H12N2O3S.C5H12NO4P/c1-2-28-16(24)9-29-17(25)12-8-11(4-5-14(12)23(26)27)30-15-6-3-10(7-13(15)19)18(20,21)22;1-7(2)12-10(13)8-5-3-4-6-9(8)11-16(12,14)15;1-11(9,10)3-2-4(6)5(7)8/h3-8H,2,9H2,1H3;3-7,11H,1-2H3;4H,2-3,6H2,1H3,(H,7,8)(H,9,10). The molecule has 0 fully saturated rings. The molecular formula is C33H37ClF3N4O14PS. The zero-order chi connectivity index (χ0) is 43.5. The predicted octanol–water partition coefficient (Wildman–Crippen LogP) is 5.68. The smallest absolute Gasteiger partial charge is 0.416 e. The average molecular weight is 869 g/mol. The first kappa shape index (κ1) is 47.9. The molecule has 0 spiro atoms. The number of hydrogen-bond donors (Lipinski definition) is 4. The van der Waals surface area contributed by atoms with Crippen molar-refractivity contribution < 1.29 is 74.5 Å². The Bertz CT molecular complexity index is 2130. The number of aliphatic carboxylic acids is 1. The Balaban J connectivity index is 0.000000344. The number of amides is 1. The highest BCUT2D eigenvalue weighted by Gasteiger charge is 2.37. The summed E-state index contributed by atoms with van der Waals surface area (Å²) in [5.74, 6) is -3.98. The molecule has 1 aliphatic rings. The fraction of sp³-hybridized carbons (Fsp3) is 0.333. The average Bonchev–Trinajstić information content (AvgIpc) is 3.09. The summed E-state index contributed by atoms with van der Waals surface area (Å²) in [6.07, 6.45) is -4.61. The number of rotatable bonds is 12. The fourth-order valence-corrected chi connectivity index (χ4v) is 6.78. The van der Waals surface area contributed by atoms with Crippen LogP contribution in [-0.2, 0) is 40.0 Å². The number of halogens is 4. The van der Waals surface area contributed by atoms with Crippen LogP contribution in [0, 0.1) is 10.1 Å². The molecule has 2 atom stereocenters. The van der Waals surface area contributed by atoms with Crippen LogP contribution in [0.1, 0.15) is 53.5 Å². The van der Waals surface area contributed by atoms with E-state index in [9.17, 15) is 55.4 Å². The number of hydrogen-bond acceptors (Lipinski definition) is 13. The Morgan fingerprint density at radius 3 is 2.25 bits per heavy atom. The molecule has 0 bridgehead atoms. The van der Waals surface area contributed by atoms with E-state index in [0.29, 0.717) is 17.3 Å². The molecule has 18 nitrogen and oxygen atoms in total. The zero-order valence-corrected chi connectivity index (χ0v) is 32.9. The van der Waals surface area contributed by atoms with Crippen LogP contribution in [-0.4, -0.2) is 89.6 Å². The molecule has 312 valence electrons. The van der Waals surface area contributed by atoms with Crippen LogP contribution in [0.3, 0.4) is 0 Å². The van der Waals surface area contributed by atoms with Crippen LogP contribution in [0.25, 0.3) is 0 Å². The Morgan fingerprint density at radius 1 is 1.09 bits per heavy atom. The topological polar surface area (TPSA) is 272 Å². The molecule has 3 aromatic rings. The van der Waals surface area contributed by atoms with E-state index in [1.165, 1.54) is 13.6 Å². The number of anilines is 1. The van der Waals surface area contributed by atoms with Gasteiger partial charge in [0.2, 0.25) is 0 Å². The lowest BCUT2D eigenvalue weighted by Crippen LogP contribution is -2.48. The van der Waals surface area contributed by atoms with Crippen molar-refractivity contribution in [2.75, 3.05) is 30.8 Å². The van der Waals surface area contributed by atoms with Gasteiger partial charge in [-0.3, -0.25) is 29.0 Å². The number of fused-ring (bicyclic) bond motifs is 1. The van der Waals surface area contributed by atoms with Gasteiger partial charge in [0.05, 0.1) is 33.4 Å². The first-order valence-electron chi connectivity index (χ1n) is 16.2. The number of benzene rings is 3. The van der Waals surface area contributed by atoms with Crippen LogP contribution in [0.4, 0.5) is 24.5 Å². The Morgan fingerprint density at radius 2 is 1.72 bits per heavy atom. The predicted molar refractivity (Wildman–Crippen MR) is 198 cm³/mol. The van der Waals surface area contributed by atoms with Crippen molar-refractivity contribution in [2.45, 2.75) is 45.5 Å². The molecule has 0 radical (unpaired) electrons. The fourth-order valence-electron chi connectivity index (χ4n) is 4.38. The van der Waals surface area contributed by atoms with Crippen LogP contribution in [0.15, 0.2) is 60.7 Å². The lowest BCUT2D eigenvalue weighted by Gasteiger charge is -2.31. The first-order valence-corrected chi connectivity index (χ1v) is 20.3. The third-order valence-electron chi connectivity index (χ3n) is 6.99. The molecule has 1 amide bonds. The largest absolute Gasteiger partial charge is 0.480 e. The van der Waals surface area contributed by atoms with E-state index in [1.807, 2.05) is 0 Å². The second-order valence-corrected chi connectivity index (χ2v) is 16.4. The van der Waals surface area contributed by atoms with Gasteiger partial charge in [0.1, 0.15) is 23.1 Å². The molecule has 24 heteroatoms. The number of carbonyl (C=O) groups excluding carboxylic acids is 3. The molecule has 1 aliphatic heterocycles. The minimum Gasteiger partial charge on any atom is -0.480 e.